The summed E-state index contributed by atoms with van der Waals surface area (Å²) >= 11 is 0. The van der Waals surface area contributed by atoms with Gasteiger partial charge in [-0.1, -0.05) is 18.2 Å². The molecule has 3 N–H and O–H groups in total. The molecule has 3 nitrogen and oxygen atoms in total. The average Bonchev–Trinajstić information content (AvgIpc) is 1.80. The second kappa shape index (κ2) is 5.05. The molecule has 0 fully saturated rings. The third kappa shape index (κ3) is 6.91. The minimum absolute atomic E-state index is 0.0247. The van der Waals surface area contributed by atoms with Crippen molar-refractivity contribution in [1.29, 1.82) is 0 Å². The van der Waals surface area contributed by atoms with Gasteiger partial charge in [-0.2, -0.15) is 0 Å². The summed E-state index contributed by atoms with van der Waals surface area (Å²) in [7, 11) is 0. The Kier molecular flexibility index (Phi) is 4.44. The van der Waals surface area contributed by atoms with Crippen LogP contribution in [0.4, 0.5) is 0 Å². The van der Waals surface area contributed by atoms with Gasteiger partial charge in [-0.3, -0.25) is 4.79 Å². The zero-order valence-electron chi connectivity index (χ0n) is 4.95. The highest BCUT2D eigenvalue weighted by Gasteiger charge is 1.75. The van der Waals surface area contributed by atoms with Crippen molar-refractivity contribution in [2.75, 3.05) is 6.61 Å². The molecule has 50 valence electrons. The van der Waals surface area contributed by atoms with Crippen LogP contribution in [-0.2, 0) is 4.79 Å². The smallest absolute Gasteiger partial charge is 0.241 e. The first-order valence-electron chi connectivity index (χ1n) is 2.51. The van der Waals surface area contributed by atoms with Gasteiger partial charge in [-0.15, -0.1) is 0 Å². The molecule has 1 amide bonds. The fourth-order valence-electron chi connectivity index (χ4n) is 0.290. The number of aliphatic hydroxyl groups excluding tert-OH is 1. The second-order valence-electron chi connectivity index (χ2n) is 1.37. The molecule has 0 aliphatic rings. The van der Waals surface area contributed by atoms with E-state index in [1.807, 2.05) is 0 Å². The number of carbonyl (C=O) groups is 1. The first kappa shape index (κ1) is 7.91. The van der Waals surface area contributed by atoms with E-state index in [9.17, 15) is 4.79 Å². The topological polar surface area (TPSA) is 63.3 Å². The molecular weight excluding hydrogens is 118 g/mol. The van der Waals surface area contributed by atoms with Crippen LogP contribution in [0.2, 0.25) is 0 Å². The van der Waals surface area contributed by atoms with E-state index in [-0.39, 0.29) is 6.61 Å². The molecule has 0 bridgehead atoms. The van der Waals surface area contributed by atoms with Crippen LogP contribution >= 0.6 is 0 Å². The third-order valence-electron chi connectivity index (χ3n) is 0.613. The zero-order valence-corrected chi connectivity index (χ0v) is 4.95. The maximum atomic E-state index is 10.0. The Bertz CT molecular complexity index is 138. The number of amides is 1. The fraction of sp³-hybridized carbons (Fsp3) is 0.167. The number of aliphatic hydroxyl groups is 1. The lowest BCUT2D eigenvalue weighted by atomic mass is 10.4. The van der Waals surface area contributed by atoms with E-state index in [0.717, 1.165) is 0 Å². The van der Waals surface area contributed by atoms with Gasteiger partial charge >= 0.3 is 0 Å². The lowest BCUT2D eigenvalue weighted by Crippen LogP contribution is -2.04. The highest BCUT2D eigenvalue weighted by Crippen LogP contribution is 1.74. The maximum Gasteiger partial charge on any atom is 0.241 e. The van der Waals surface area contributed by atoms with Crippen LogP contribution in [0.15, 0.2) is 24.3 Å². The van der Waals surface area contributed by atoms with Gasteiger partial charge in [0.15, 0.2) is 0 Å². The molecule has 0 aromatic rings. The van der Waals surface area contributed by atoms with Crippen molar-refractivity contribution >= 4 is 5.91 Å². The zero-order chi connectivity index (χ0) is 7.11. The molecule has 0 aromatic heterocycles. The van der Waals surface area contributed by atoms with Crippen LogP contribution in [0.3, 0.4) is 0 Å². The number of carbonyl (C=O) groups excluding carboxylic acids is 1. The number of hydrogen-bond donors (Lipinski definition) is 2. The lowest BCUT2D eigenvalue weighted by molar-refractivity contribution is -0.113. The summed E-state index contributed by atoms with van der Waals surface area (Å²) < 4.78 is 0. The van der Waals surface area contributed by atoms with Crippen LogP contribution in [-0.4, -0.2) is 17.6 Å². The Labute approximate surface area is 53.5 Å². The quantitative estimate of drug-likeness (QED) is 0.399. The summed E-state index contributed by atoms with van der Waals surface area (Å²) in [6.45, 7) is -0.0247. The van der Waals surface area contributed by atoms with Crippen molar-refractivity contribution < 1.29 is 9.90 Å². The minimum Gasteiger partial charge on any atom is -0.392 e. The van der Waals surface area contributed by atoms with Gasteiger partial charge in [0.05, 0.1) is 6.61 Å². The van der Waals surface area contributed by atoms with Crippen molar-refractivity contribution in [1.82, 2.24) is 0 Å². The van der Waals surface area contributed by atoms with E-state index < -0.39 is 5.91 Å². The van der Waals surface area contributed by atoms with Gasteiger partial charge in [-0.05, 0) is 0 Å². The molecule has 0 heterocycles. The monoisotopic (exact) mass is 127 g/mol. The minimum atomic E-state index is -0.488. The average molecular weight is 127 g/mol. The molecule has 0 aliphatic heterocycles. The number of nitrogens with two attached hydrogens (primary N) is 1. The molecule has 0 aliphatic carbocycles. The van der Waals surface area contributed by atoms with Crippen LogP contribution < -0.4 is 5.73 Å². The van der Waals surface area contributed by atoms with Crippen molar-refractivity contribution in [3.05, 3.63) is 24.3 Å². The largest absolute Gasteiger partial charge is 0.392 e. The summed E-state index contributed by atoms with van der Waals surface area (Å²) in [6, 6.07) is 0. The Hall–Kier alpha value is -1.09. The van der Waals surface area contributed by atoms with Gasteiger partial charge in [0, 0.05) is 6.08 Å². The van der Waals surface area contributed by atoms with E-state index in [0.29, 0.717) is 0 Å². The van der Waals surface area contributed by atoms with Crippen LogP contribution in [0.5, 0.6) is 0 Å². The van der Waals surface area contributed by atoms with E-state index in [2.05, 4.69) is 0 Å². The molecular formula is C6H9NO2. The number of allylic oxidation sites excluding steroid dienone is 2. The van der Waals surface area contributed by atoms with Gasteiger partial charge in [-0.25, -0.2) is 0 Å². The molecule has 3 heteroatoms. The van der Waals surface area contributed by atoms with E-state index in [4.69, 9.17) is 10.8 Å². The van der Waals surface area contributed by atoms with E-state index >= 15 is 0 Å². The molecule has 0 rings (SSSR count). The van der Waals surface area contributed by atoms with Crippen LogP contribution in [0.1, 0.15) is 0 Å². The highest BCUT2D eigenvalue weighted by molar-refractivity contribution is 5.85. The third-order valence-corrected chi connectivity index (χ3v) is 0.613. The van der Waals surface area contributed by atoms with Crippen LogP contribution in [0, 0.1) is 0 Å². The normalized spacial score (nSPS) is 11.2. The van der Waals surface area contributed by atoms with Crippen LogP contribution in [0.25, 0.3) is 0 Å². The predicted octanol–water partition coefficient (Wildman–Crippen LogP) is -0.424. The predicted molar refractivity (Wildman–Crippen MR) is 34.6 cm³/mol. The van der Waals surface area contributed by atoms with Crippen molar-refractivity contribution in [3.63, 3.8) is 0 Å². The van der Waals surface area contributed by atoms with Gasteiger partial charge in [0.1, 0.15) is 0 Å². The first-order valence-corrected chi connectivity index (χ1v) is 2.51. The maximum absolute atomic E-state index is 10.0. The van der Waals surface area contributed by atoms with Crippen molar-refractivity contribution in [2.45, 2.75) is 0 Å². The molecule has 0 aromatic carbocycles. The SMILES string of the molecule is NC(=O)/C=C\C=C\CO. The Morgan fingerprint density at radius 1 is 1.56 bits per heavy atom. The van der Waals surface area contributed by atoms with Gasteiger partial charge in [0.2, 0.25) is 5.91 Å². The Morgan fingerprint density at radius 3 is 2.67 bits per heavy atom. The Morgan fingerprint density at radius 2 is 2.22 bits per heavy atom. The standard InChI is InChI=1S/C6H9NO2/c7-6(9)4-2-1-3-5-8/h1-4,8H,5H2,(H2,7,9)/b3-1+,4-2-. The summed E-state index contributed by atoms with van der Waals surface area (Å²) in [5.41, 5.74) is 4.75. The number of primary amides is 1. The molecule has 0 spiro atoms. The van der Waals surface area contributed by atoms with E-state index in [1.54, 1.807) is 6.08 Å². The summed E-state index contributed by atoms with van der Waals surface area (Å²) in [4.78, 5) is 10.0. The fourth-order valence-corrected chi connectivity index (χ4v) is 0.290. The molecule has 0 radical (unpaired) electrons. The summed E-state index contributed by atoms with van der Waals surface area (Å²) in [5, 5.41) is 8.19. The van der Waals surface area contributed by atoms with E-state index in [1.165, 1.54) is 18.2 Å². The van der Waals surface area contributed by atoms with Gasteiger partial charge in [0.25, 0.3) is 0 Å². The van der Waals surface area contributed by atoms with Crippen molar-refractivity contribution in [3.8, 4) is 0 Å². The number of rotatable bonds is 3. The summed E-state index contributed by atoms with van der Waals surface area (Å²) in [6.07, 6.45) is 5.73. The molecule has 0 saturated heterocycles. The second-order valence-corrected chi connectivity index (χ2v) is 1.37. The molecule has 9 heavy (non-hydrogen) atoms. The van der Waals surface area contributed by atoms with Gasteiger partial charge < -0.3 is 10.8 Å². The molecule has 0 atom stereocenters. The first-order chi connectivity index (χ1) is 4.27. The molecule has 0 saturated carbocycles. The summed E-state index contributed by atoms with van der Waals surface area (Å²) in [5.74, 6) is -0.488. The molecule has 0 unspecified atom stereocenters. The highest BCUT2D eigenvalue weighted by atomic mass is 16.2. The number of hydrogen-bond acceptors (Lipinski definition) is 2. The lowest BCUT2D eigenvalue weighted by Gasteiger charge is -1.75. The Balaban J connectivity index is 3.47. The van der Waals surface area contributed by atoms with Crippen molar-refractivity contribution in [2.24, 2.45) is 5.73 Å².